The molecule has 0 N–H and O–H groups in total. The summed E-state index contributed by atoms with van der Waals surface area (Å²) in [5.41, 5.74) is 0.402. The van der Waals surface area contributed by atoms with Gasteiger partial charge in [0.15, 0.2) is 0 Å². The zero-order chi connectivity index (χ0) is 8.69. The number of hydrogen-bond acceptors (Lipinski definition) is 3. The lowest BCUT2D eigenvalue weighted by atomic mass is 10.4. The van der Waals surface area contributed by atoms with Crippen LogP contribution in [0.15, 0.2) is 12.2 Å². The van der Waals surface area contributed by atoms with E-state index in [2.05, 4.69) is 6.58 Å². The third kappa shape index (κ3) is 5.66. The Morgan fingerprint density at radius 3 is 2.73 bits per heavy atom. The van der Waals surface area contributed by atoms with Crippen molar-refractivity contribution in [3.8, 4) is 0 Å². The summed E-state index contributed by atoms with van der Waals surface area (Å²) in [5.74, 6) is -0.370. The second-order valence-electron chi connectivity index (χ2n) is 2.23. The minimum Gasteiger partial charge on any atom is -0.462 e. The minimum atomic E-state index is -0.711. The molecule has 0 rings (SSSR count). The molecule has 0 aromatic carbocycles. The molecule has 0 aromatic rings. The van der Waals surface area contributed by atoms with Gasteiger partial charge in [0.05, 0.1) is 6.61 Å². The zero-order valence-electron chi connectivity index (χ0n) is 6.63. The first-order valence-corrected chi connectivity index (χ1v) is 4.73. The summed E-state index contributed by atoms with van der Waals surface area (Å²) in [7, 11) is -0.711. The van der Waals surface area contributed by atoms with E-state index in [1.54, 1.807) is 6.92 Å². The Labute approximate surface area is 68.3 Å². The monoisotopic (exact) mass is 172 g/mol. The van der Waals surface area contributed by atoms with Crippen LogP contribution in [0, 0.1) is 0 Å². The van der Waals surface area contributed by atoms with Gasteiger partial charge in [0.2, 0.25) is 0 Å². The van der Waals surface area contributed by atoms with Gasteiger partial charge in [-0.2, -0.15) is 0 Å². The second-order valence-corrected chi connectivity index (χ2v) is 3.14. The maximum atomic E-state index is 10.7. The molecule has 3 nitrogen and oxygen atoms in total. The lowest BCUT2D eigenvalue weighted by molar-refractivity contribution is -0.138. The van der Waals surface area contributed by atoms with Crippen LogP contribution in [0.2, 0.25) is 6.04 Å². The maximum absolute atomic E-state index is 10.7. The van der Waals surface area contributed by atoms with Crippen molar-refractivity contribution in [1.82, 2.24) is 0 Å². The van der Waals surface area contributed by atoms with E-state index in [1.807, 2.05) is 0 Å². The predicted molar refractivity (Wildman–Crippen MR) is 43.0 cm³/mol. The Bertz CT molecular complexity index is 165. The number of carbonyl (C=O) groups excluding carboxylic acids is 1. The average Bonchev–Trinajstić information content (AvgIpc) is 1.97. The van der Waals surface area contributed by atoms with Gasteiger partial charge < -0.3 is 9.20 Å². The van der Waals surface area contributed by atoms with Gasteiger partial charge in [0.25, 0.3) is 9.41 Å². The van der Waals surface area contributed by atoms with Crippen LogP contribution >= 0.6 is 0 Å². The maximum Gasteiger partial charge on any atom is 0.333 e. The fourth-order valence-electron chi connectivity index (χ4n) is 0.455. The normalized spacial score (nSPS) is 8.82. The van der Waals surface area contributed by atoms with Gasteiger partial charge in [-0.05, 0) is 19.4 Å². The summed E-state index contributed by atoms with van der Waals surface area (Å²) in [5, 5.41) is 0. The summed E-state index contributed by atoms with van der Waals surface area (Å²) in [6.45, 7) is 5.37. The van der Waals surface area contributed by atoms with Crippen LogP contribution < -0.4 is 0 Å². The van der Waals surface area contributed by atoms with Gasteiger partial charge in [-0.15, -0.1) is 0 Å². The van der Waals surface area contributed by atoms with E-state index in [-0.39, 0.29) is 5.97 Å². The van der Waals surface area contributed by atoms with Gasteiger partial charge >= 0.3 is 5.97 Å². The highest BCUT2D eigenvalue weighted by atomic mass is 28.2. The van der Waals surface area contributed by atoms with Crippen LogP contribution in [-0.4, -0.2) is 22.0 Å². The summed E-state index contributed by atoms with van der Waals surface area (Å²) in [4.78, 5) is 10.7. The molecule has 0 spiro atoms. The molecule has 0 unspecified atom stereocenters. The number of rotatable bonds is 5. The van der Waals surface area contributed by atoms with E-state index in [0.717, 1.165) is 0 Å². The van der Waals surface area contributed by atoms with Gasteiger partial charge in [0, 0.05) is 5.57 Å². The van der Waals surface area contributed by atoms with Gasteiger partial charge in [-0.25, -0.2) is 4.79 Å². The number of esters is 1. The molecule has 0 radical (unpaired) electrons. The second kappa shape index (κ2) is 5.97. The molecular formula is C7H12O3Si. The minimum absolute atomic E-state index is 0.348. The summed E-state index contributed by atoms with van der Waals surface area (Å²) in [6.07, 6.45) is 0.678. The van der Waals surface area contributed by atoms with Crippen molar-refractivity contribution < 1.29 is 14.0 Å². The van der Waals surface area contributed by atoms with Crippen molar-refractivity contribution in [3.63, 3.8) is 0 Å². The average molecular weight is 172 g/mol. The molecule has 62 valence electrons. The molecule has 0 bridgehead atoms. The third-order valence-corrected chi connectivity index (χ3v) is 1.69. The smallest absolute Gasteiger partial charge is 0.333 e. The summed E-state index contributed by atoms with van der Waals surface area (Å²) >= 11 is 0. The van der Waals surface area contributed by atoms with Gasteiger partial charge in [0.1, 0.15) is 0 Å². The molecule has 0 aliphatic heterocycles. The lowest BCUT2D eigenvalue weighted by Gasteiger charge is -2.00. The molecule has 0 amide bonds. The highest BCUT2D eigenvalue weighted by Crippen LogP contribution is 1.94. The summed E-state index contributed by atoms with van der Waals surface area (Å²) < 4.78 is 14.8. The van der Waals surface area contributed by atoms with E-state index < -0.39 is 9.41 Å². The Morgan fingerprint density at radius 2 is 2.27 bits per heavy atom. The van der Waals surface area contributed by atoms with E-state index >= 15 is 0 Å². The Hall–Kier alpha value is -0.773. The third-order valence-electron chi connectivity index (χ3n) is 1.05. The fraction of sp³-hybridized carbons (Fsp3) is 0.571. The van der Waals surface area contributed by atoms with E-state index in [0.29, 0.717) is 24.6 Å². The molecule has 0 heterocycles. The van der Waals surface area contributed by atoms with Crippen molar-refractivity contribution in [2.24, 2.45) is 0 Å². The van der Waals surface area contributed by atoms with Crippen molar-refractivity contribution in [2.75, 3.05) is 6.61 Å². The molecule has 0 saturated carbocycles. The lowest BCUT2D eigenvalue weighted by Crippen LogP contribution is -2.05. The van der Waals surface area contributed by atoms with Crippen molar-refractivity contribution in [3.05, 3.63) is 12.2 Å². The van der Waals surface area contributed by atoms with Crippen LogP contribution in [0.1, 0.15) is 13.3 Å². The van der Waals surface area contributed by atoms with Crippen LogP contribution in [0.3, 0.4) is 0 Å². The quantitative estimate of drug-likeness (QED) is 0.265. The first kappa shape index (κ1) is 10.2. The van der Waals surface area contributed by atoms with Crippen LogP contribution in [0.4, 0.5) is 0 Å². The molecule has 11 heavy (non-hydrogen) atoms. The highest BCUT2D eigenvalue weighted by Gasteiger charge is 2.00. The first-order chi connectivity index (χ1) is 5.18. The van der Waals surface area contributed by atoms with Gasteiger partial charge in [-0.3, -0.25) is 0 Å². The molecule has 0 aromatic heterocycles. The first-order valence-electron chi connectivity index (χ1n) is 3.44. The van der Waals surface area contributed by atoms with Crippen molar-refractivity contribution in [2.45, 2.75) is 19.4 Å². The number of hydrogen-bond donors (Lipinski definition) is 0. The van der Waals surface area contributed by atoms with E-state index in [9.17, 15) is 9.26 Å². The number of ether oxygens (including phenoxy) is 1. The summed E-state index contributed by atoms with van der Waals surface area (Å²) in [6, 6.07) is 0.642. The molecule has 0 saturated heterocycles. The van der Waals surface area contributed by atoms with E-state index in [1.165, 1.54) is 0 Å². The van der Waals surface area contributed by atoms with Crippen molar-refractivity contribution in [1.29, 1.82) is 0 Å². The highest BCUT2D eigenvalue weighted by molar-refractivity contribution is 6.16. The number of carbonyl (C=O) groups is 1. The topological polar surface area (TPSA) is 43.4 Å². The Balaban J connectivity index is 3.31. The Kier molecular flexibility index (Phi) is 5.55. The standard InChI is InChI=1S/C7H12O3Si/c1-6(2)7(8)10-4-3-5-11-9/h11H,1,3-5H2,2H3. The van der Waals surface area contributed by atoms with Gasteiger partial charge in [-0.1, -0.05) is 6.58 Å². The van der Waals surface area contributed by atoms with E-state index in [4.69, 9.17) is 4.74 Å². The molecule has 0 aliphatic carbocycles. The fourth-order valence-corrected chi connectivity index (χ4v) is 0.788. The molecule has 0 fully saturated rings. The van der Waals surface area contributed by atoms with Crippen LogP contribution in [-0.2, 0) is 14.0 Å². The largest absolute Gasteiger partial charge is 0.462 e. The van der Waals surface area contributed by atoms with Crippen LogP contribution in [0.5, 0.6) is 0 Å². The zero-order valence-corrected chi connectivity index (χ0v) is 7.79. The molecule has 4 heteroatoms. The van der Waals surface area contributed by atoms with Crippen LogP contribution in [0.25, 0.3) is 0 Å². The van der Waals surface area contributed by atoms with Crippen molar-refractivity contribution >= 4 is 15.4 Å². The molecular weight excluding hydrogens is 160 g/mol. The molecule has 0 atom stereocenters. The molecule has 0 aliphatic rings. The SMILES string of the molecule is C=C(C)C(=O)OCCC[SiH]=O. The predicted octanol–water partition coefficient (Wildman–Crippen LogP) is 0.696. The Morgan fingerprint density at radius 1 is 1.64 bits per heavy atom.